The number of carbonyl (C=O) groups is 1. The lowest BCUT2D eigenvalue weighted by Gasteiger charge is -2.49. The lowest BCUT2D eigenvalue weighted by Crippen LogP contribution is -2.58. The van der Waals surface area contributed by atoms with E-state index in [1.54, 1.807) is 17.9 Å². The average molecular weight is 385 g/mol. The number of halogens is 3. The molecule has 1 N–H and O–H groups in total. The molecule has 1 aromatic carbocycles. The Hall–Kier alpha value is -1.76. The summed E-state index contributed by atoms with van der Waals surface area (Å²) < 4.78 is 41.9. The summed E-state index contributed by atoms with van der Waals surface area (Å²) in [6.45, 7) is 4.71. The van der Waals surface area contributed by atoms with Gasteiger partial charge in [-0.15, -0.1) is 13.2 Å². The third-order valence-corrected chi connectivity index (χ3v) is 6.04. The number of rotatable bonds is 5. The van der Waals surface area contributed by atoms with Gasteiger partial charge in [0.15, 0.2) is 0 Å². The van der Waals surface area contributed by atoms with Gasteiger partial charge in [-0.25, -0.2) is 0 Å². The van der Waals surface area contributed by atoms with E-state index in [1.807, 2.05) is 13.0 Å². The number of aliphatic hydroxyl groups excluding tert-OH is 1. The molecule has 1 unspecified atom stereocenters. The Morgan fingerprint density at radius 1 is 1.41 bits per heavy atom. The van der Waals surface area contributed by atoms with Crippen LogP contribution in [0.5, 0.6) is 5.75 Å². The van der Waals surface area contributed by atoms with Crippen LogP contribution < -0.4 is 4.74 Å². The van der Waals surface area contributed by atoms with Crippen LogP contribution in [0.15, 0.2) is 18.2 Å². The fraction of sp³-hybridized carbons (Fsp3) is 0.650. The topological polar surface area (TPSA) is 49.8 Å². The monoisotopic (exact) mass is 385 g/mol. The molecule has 1 saturated heterocycles. The minimum Gasteiger partial charge on any atom is -0.406 e. The van der Waals surface area contributed by atoms with Gasteiger partial charge in [-0.2, -0.15) is 0 Å². The molecule has 2 fully saturated rings. The highest BCUT2D eigenvalue weighted by Gasteiger charge is 2.50. The van der Waals surface area contributed by atoms with Crippen LogP contribution in [-0.2, 0) is 4.79 Å². The number of carbonyl (C=O) groups excluding carboxylic acids is 1. The van der Waals surface area contributed by atoms with E-state index >= 15 is 0 Å². The zero-order chi connectivity index (χ0) is 19.8. The summed E-state index contributed by atoms with van der Waals surface area (Å²) in [5.41, 5.74) is 1.38. The molecule has 1 aliphatic carbocycles. The van der Waals surface area contributed by atoms with Crippen LogP contribution in [0.3, 0.4) is 0 Å². The zero-order valence-corrected chi connectivity index (χ0v) is 15.7. The maximum atomic E-state index is 12.6. The third-order valence-electron chi connectivity index (χ3n) is 6.04. The number of alkyl halides is 3. The Morgan fingerprint density at radius 3 is 2.70 bits per heavy atom. The van der Waals surface area contributed by atoms with Gasteiger partial charge in [0.2, 0.25) is 5.91 Å². The molecular formula is C20H26F3NO3. The Kier molecular flexibility index (Phi) is 5.43. The largest absolute Gasteiger partial charge is 0.573 e. The standard InChI is InChI=1S/C20H26F3NO3/c1-3-14(10-25)18(26)24-11-19(12-24)7-6-16(9-19)15-5-4-13(2)17(8-15)27-20(21,22)23/h4-5,8,14,16,25H,3,6-7,9-12H2,1-2H3/t14-,16?/m1/s1. The number of hydrogen-bond donors (Lipinski definition) is 1. The fourth-order valence-corrected chi connectivity index (χ4v) is 4.44. The highest BCUT2D eigenvalue weighted by atomic mass is 19.4. The van der Waals surface area contributed by atoms with E-state index in [4.69, 9.17) is 0 Å². The first-order valence-corrected chi connectivity index (χ1v) is 9.42. The number of ether oxygens (including phenoxy) is 1. The lowest BCUT2D eigenvalue weighted by molar-refractivity contribution is -0.274. The van der Waals surface area contributed by atoms with Crippen molar-refractivity contribution in [1.29, 1.82) is 0 Å². The molecule has 1 heterocycles. The molecule has 1 aliphatic heterocycles. The molecular weight excluding hydrogens is 359 g/mol. The predicted octanol–water partition coefficient (Wildman–Crippen LogP) is 4.01. The van der Waals surface area contributed by atoms with E-state index in [0.717, 1.165) is 24.8 Å². The van der Waals surface area contributed by atoms with Gasteiger partial charge in [0.1, 0.15) is 5.75 Å². The van der Waals surface area contributed by atoms with Crippen molar-refractivity contribution in [3.8, 4) is 5.75 Å². The summed E-state index contributed by atoms with van der Waals surface area (Å²) in [5.74, 6) is -0.289. The number of aryl methyl sites for hydroxylation is 1. The molecule has 1 aromatic rings. The minimum atomic E-state index is -4.70. The Bertz CT molecular complexity index is 694. The summed E-state index contributed by atoms with van der Waals surface area (Å²) in [6.07, 6.45) is -1.36. The van der Waals surface area contributed by atoms with Gasteiger partial charge in [-0.3, -0.25) is 4.79 Å². The Morgan fingerprint density at radius 2 is 2.11 bits per heavy atom. The van der Waals surface area contributed by atoms with Crippen molar-refractivity contribution in [3.63, 3.8) is 0 Å². The quantitative estimate of drug-likeness (QED) is 0.833. The van der Waals surface area contributed by atoms with Crippen molar-refractivity contribution in [2.24, 2.45) is 11.3 Å². The van der Waals surface area contributed by atoms with Gasteiger partial charge >= 0.3 is 6.36 Å². The van der Waals surface area contributed by atoms with Crippen LogP contribution >= 0.6 is 0 Å². The maximum absolute atomic E-state index is 12.6. The average Bonchev–Trinajstić information content (AvgIpc) is 3.01. The van der Waals surface area contributed by atoms with Crippen LogP contribution in [0.4, 0.5) is 13.2 Å². The summed E-state index contributed by atoms with van der Waals surface area (Å²) in [4.78, 5) is 14.1. The van der Waals surface area contributed by atoms with Crippen molar-refractivity contribution < 1.29 is 27.8 Å². The third kappa shape index (κ3) is 4.23. The number of hydrogen-bond acceptors (Lipinski definition) is 3. The molecule has 150 valence electrons. The molecule has 3 rings (SSSR count). The molecule has 0 radical (unpaired) electrons. The van der Waals surface area contributed by atoms with Crippen molar-refractivity contribution in [1.82, 2.24) is 4.90 Å². The number of aliphatic hydroxyl groups is 1. The van der Waals surface area contributed by atoms with E-state index in [-0.39, 0.29) is 35.5 Å². The Labute approximate surface area is 157 Å². The van der Waals surface area contributed by atoms with Gasteiger partial charge in [-0.05, 0) is 55.7 Å². The summed E-state index contributed by atoms with van der Waals surface area (Å²) in [7, 11) is 0. The number of nitrogens with zero attached hydrogens (tertiary/aromatic N) is 1. The second-order valence-corrected chi connectivity index (χ2v) is 7.99. The second-order valence-electron chi connectivity index (χ2n) is 7.99. The van der Waals surface area contributed by atoms with Crippen LogP contribution in [0.25, 0.3) is 0 Å². The zero-order valence-electron chi connectivity index (χ0n) is 15.7. The number of likely N-dealkylation sites (tertiary alicyclic amines) is 1. The van der Waals surface area contributed by atoms with Crippen molar-refractivity contribution in [2.75, 3.05) is 19.7 Å². The molecule has 27 heavy (non-hydrogen) atoms. The van der Waals surface area contributed by atoms with E-state index in [0.29, 0.717) is 25.1 Å². The molecule has 0 bridgehead atoms. The van der Waals surface area contributed by atoms with Gasteiger partial charge in [0, 0.05) is 18.5 Å². The molecule has 2 atom stereocenters. The summed E-state index contributed by atoms with van der Waals surface area (Å²) in [5, 5.41) is 9.30. The van der Waals surface area contributed by atoms with E-state index in [9.17, 15) is 23.1 Å². The summed E-state index contributed by atoms with van der Waals surface area (Å²) in [6, 6.07) is 5.06. The van der Waals surface area contributed by atoms with Gasteiger partial charge < -0.3 is 14.7 Å². The predicted molar refractivity (Wildman–Crippen MR) is 94.3 cm³/mol. The molecule has 4 nitrogen and oxygen atoms in total. The molecule has 1 amide bonds. The van der Waals surface area contributed by atoms with Gasteiger partial charge in [0.05, 0.1) is 12.5 Å². The van der Waals surface area contributed by atoms with E-state index in [1.165, 1.54) is 6.07 Å². The van der Waals surface area contributed by atoms with Crippen LogP contribution in [-0.4, -0.2) is 42.0 Å². The van der Waals surface area contributed by atoms with Crippen molar-refractivity contribution in [2.45, 2.75) is 51.8 Å². The fourth-order valence-electron chi connectivity index (χ4n) is 4.44. The van der Waals surface area contributed by atoms with Crippen LogP contribution in [0.1, 0.15) is 49.7 Å². The van der Waals surface area contributed by atoms with Gasteiger partial charge in [0.25, 0.3) is 0 Å². The van der Waals surface area contributed by atoms with E-state index in [2.05, 4.69) is 4.74 Å². The van der Waals surface area contributed by atoms with E-state index < -0.39 is 6.36 Å². The van der Waals surface area contributed by atoms with Crippen LogP contribution in [0.2, 0.25) is 0 Å². The first kappa shape index (κ1) is 20.0. The molecule has 7 heteroatoms. The van der Waals surface area contributed by atoms with Crippen LogP contribution in [0, 0.1) is 18.3 Å². The number of amides is 1. The molecule has 0 aromatic heterocycles. The smallest absolute Gasteiger partial charge is 0.406 e. The van der Waals surface area contributed by atoms with Crippen molar-refractivity contribution in [3.05, 3.63) is 29.3 Å². The summed E-state index contributed by atoms with van der Waals surface area (Å²) >= 11 is 0. The first-order chi connectivity index (χ1) is 12.7. The maximum Gasteiger partial charge on any atom is 0.573 e. The normalized spacial score (nSPS) is 22.6. The highest BCUT2D eigenvalue weighted by molar-refractivity contribution is 5.80. The lowest BCUT2D eigenvalue weighted by atomic mass is 9.76. The first-order valence-electron chi connectivity index (χ1n) is 9.42. The molecule has 1 saturated carbocycles. The van der Waals surface area contributed by atoms with Crippen molar-refractivity contribution >= 4 is 5.91 Å². The SMILES string of the molecule is CC[C@H](CO)C(=O)N1CC2(CCC(c3ccc(C)c(OC(F)(F)F)c3)C2)C1. The molecule has 2 aliphatic rings. The Balaban J connectivity index is 1.64. The highest BCUT2D eigenvalue weighted by Crippen LogP contribution is 2.52. The van der Waals surface area contributed by atoms with Gasteiger partial charge in [-0.1, -0.05) is 19.1 Å². The second kappa shape index (κ2) is 7.34. The number of benzene rings is 1. The molecule has 1 spiro atoms. The minimum absolute atomic E-state index is 0.00488.